The van der Waals surface area contributed by atoms with E-state index in [1.807, 2.05) is 6.08 Å². The summed E-state index contributed by atoms with van der Waals surface area (Å²) in [7, 11) is 0. The largest absolute Gasteiger partial charge is 0.416 e. The maximum Gasteiger partial charge on any atom is 0.416 e. The van der Waals surface area contributed by atoms with Gasteiger partial charge in [-0.05, 0) is 85.2 Å². The van der Waals surface area contributed by atoms with Crippen molar-refractivity contribution in [3.8, 4) is 0 Å². The molecule has 220 valence electrons. The minimum Gasteiger partial charge on any atom is -0.393 e. The van der Waals surface area contributed by atoms with Gasteiger partial charge in [-0.2, -0.15) is 26.3 Å². The molecule has 41 heavy (non-hydrogen) atoms. The second-order valence-electron chi connectivity index (χ2n) is 10.8. The van der Waals surface area contributed by atoms with E-state index >= 15 is 0 Å². The normalized spacial score (nSPS) is 26.0. The molecule has 5 atom stereocenters. The van der Waals surface area contributed by atoms with E-state index in [1.165, 1.54) is 25.1 Å². The molecule has 1 fully saturated rings. The van der Waals surface area contributed by atoms with Crippen molar-refractivity contribution in [3.05, 3.63) is 93.8 Å². The predicted octanol–water partition coefficient (Wildman–Crippen LogP) is 7.11. The molecule has 1 amide bonds. The van der Waals surface area contributed by atoms with Gasteiger partial charge in [-0.1, -0.05) is 18.2 Å². The summed E-state index contributed by atoms with van der Waals surface area (Å²) in [5, 5.41) is 9.87. The molecule has 1 saturated heterocycles. The highest BCUT2D eigenvalue weighted by Crippen LogP contribution is 2.45. The van der Waals surface area contributed by atoms with E-state index in [-0.39, 0.29) is 24.1 Å². The van der Waals surface area contributed by atoms with Crippen LogP contribution in [0, 0.1) is 5.82 Å². The molecular weight excluding hydrogens is 555 g/mol. The predicted molar refractivity (Wildman–Crippen MR) is 135 cm³/mol. The molecule has 2 aromatic carbocycles. The first-order valence-corrected chi connectivity index (χ1v) is 13.3. The second-order valence-corrected chi connectivity index (χ2v) is 10.8. The third-order valence-corrected chi connectivity index (χ3v) is 8.11. The fourth-order valence-corrected chi connectivity index (χ4v) is 6.03. The highest BCUT2D eigenvalue weighted by molar-refractivity contribution is 5.91. The summed E-state index contributed by atoms with van der Waals surface area (Å²) >= 11 is 0. The van der Waals surface area contributed by atoms with Gasteiger partial charge in [0.2, 0.25) is 5.91 Å². The molecule has 4 nitrogen and oxygen atoms in total. The number of ether oxygens (including phenoxy) is 1. The molecule has 1 N–H and O–H groups in total. The summed E-state index contributed by atoms with van der Waals surface area (Å²) in [6.45, 7) is 1.43. The summed E-state index contributed by atoms with van der Waals surface area (Å²) in [5.41, 5.74) is -0.762. The SMILES string of the molecule is C[C@@H](O[C@H]1CN2C(=O)C=C(C3=CCC(O)CC3)C[C@H]2[C@@H]1c1ccc(F)cc1)c1cc(C(F)(F)F)cc(C(F)(F)F)c1. The van der Waals surface area contributed by atoms with Crippen LogP contribution in [0.15, 0.2) is 65.8 Å². The Morgan fingerprint density at radius 2 is 1.61 bits per heavy atom. The third kappa shape index (κ3) is 6.21. The van der Waals surface area contributed by atoms with Gasteiger partial charge < -0.3 is 14.7 Å². The van der Waals surface area contributed by atoms with Gasteiger partial charge in [0.25, 0.3) is 0 Å². The van der Waals surface area contributed by atoms with Gasteiger partial charge >= 0.3 is 12.4 Å². The monoisotopic (exact) mass is 583 g/mol. The second kappa shape index (κ2) is 10.9. The van der Waals surface area contributed by atoms with Gasteiger partial charge in [0, 0.05) is 24.6 Å². The van der Waals surface area contributed by atoms with Crippen LogP contribution >= 0.6 is 0 Å². The maximum atomic E-state index is 13.8. The molecule has 2 aromatic rings. The molecule has 3 aliphatic rings. The average Bonchev–Trinajstić information content (AvgIpc) is 3.26. The van der Waals surface area contributed by atoms with E-state index < -0.39 is 59.6 Å². The van der Waals surface area contributed by atoms with E-state index in [2.05, 4.69) is 0 Å². The van der Waals surface area contributed by atoms with Crippen molar-refractivity contribution in [2.75, 3.05) is 6.54 Å². The van der Waals surface area contributed by atoms with Crippen LogP contribution in [0.25, 0.3) is 0 Å². The standard InChI is InChI=1S/C30H28F7NO3/c1-16(19-10-21(29(32,33)34)14-22(11-19)30(35,36)37)41-26-15-38-25(28(26)18-2-6-23(31)7-3-18)12-20(13-27(38)40)17-4-8-24(39)9-5-17/h2-4,6-7,10-11,13-14,16,24-26,28,39H,5,8-9,12,15H2,1H3/t16-,24?,25+,26+,28+/m1/s1. The Balaban J connectivity index is 1.47. The number of hydrogen-bond acceptors (Lipinski definition) is 3. The van der Waals surface area contributed by atoms with Crippen LogP contribution in [0.3, 0.4) is 0 Å². The highest BCUT2D eigenvalue weighted by Gasteiger charge is 2.48. The van der Waals surface area contributed by atoms with Gasteiger partial charge in [0.05, 0.1) is 29.4 Å². The van der Waals surface area contributed by atoms with Crippen molar-refractivity contribution < 1.29 is 45.4 Å². The molecule has 2 heterocycles. The Morgan fingerprint density at radius 1 is 0.976 bits per heavy atom. The zero-order valence-corrected chi connectivity index (χ0v) is 22.0. The number of benzene rings is 2. The van der Waals surface area contributed by atoms with Crippen LogP contribution in [0.1, 0.15) is 66.9 Å². The number of alkyl halides is 6. The summed E-state index contributed by atoms with van der Waals surface area (Å²) in [5.74, 6) is -1.29. The average molecular weight is 584 g/mol. The minimum absolute atomic E-state index is 0.0580. The van der Waals surface area contributed by atoms with Crippen LogP contribution in [-0.2, 0) is 21.9 Å². The van der Waals surface area contributed by atoms with Crippen molar-refractivity contribution in [3.63, 3.8) is 0 Å². The first-order valence-electron chi connectivity index (χ1n) is 13.3. The van der Waals surface area contributed by atoms with Crippen LogP contribution in [0.4, 0.5) is 30.7 Å². The Morgan fingerprint density at radius 3 is 2.17 bits per heavy atom. The zero-order chi connectivity index (χ0) is 29.7. The number of amides is 1. The number of carbonyl (C=O) groups is 1. The lowest BCUT2D eigenvalue weighted by molar-refractivity contribution is -0.143. The summed E-state index contributed by atoms with van der Waals surface area (Å²) in [4.78, 5) is 14.8. The fraction of sp³-hybridized carbons (Fsp3) is 0.433. The highest BCUT2D eigenvalue weighted by atomic mass is 19.4. The van der Waals surface area contributed by atoms with Crippen molar-refractivity contribution in [1.82, 2.24) is 4.90 Å². The van der Waals surface area contributed by atoms with Crippen LogP contribution in [0.2, 0.25) is 0 Å². The fourth-order valence-electron chi connectivity index (χ4n) is 6.03. The molecule has 0 spiro atoms. The van der Waals surface area contributed by atoms with Crippen molar-refractivity contribution in [2.45, 2.75) is 75.2 Å². The lowest BCUT2D eigenvalue weighted by Gasteiger charge is -2.34. The van der Waals surface area contributed by atoms with Gasteiger partial charge in [0.1, 0.15) is 5.82 Å². The van der Waals surface area contributed by atoms with Gasteiger partial charge in [-0.25, -0.2) is 4.39 Å². The summed E-state index contributed by atoms with van der Waals surface area (Å²) in [6.07, 6.45) is -6.90. The number of hydrogen-bond donors (Lipinski definition) is 1. The minimum atomic E-state index is -5.00. The molecule has 1 unspecified atom stereocenters. The number of fused-ring (bicyclic) bond motifs is 1. The molecule has 5 rings (SSSR count). The number of nitrogens with zero attached hydrogens (tertiary/aromatic N) is 1. The van der Waals surface area contributed by atoms with Crippen molar-refractivity contribution >= 4 is 5.91 Å². The molecule has 11 heteroatoms. The number of aliphatic hydroxyl groups is 1. The van der Waals surface area contributed by atoms with E-state index in [0.717, 1.165) is 11.1 Å². The number of halogens is 7. The summed E-state index contributed by atoms with van der Waals surface area (Å²) in [6, 6.07) is 6.54. The van der Waals surface area contributed by atoms with Crippen LogP contribution in [0.5, 0.6) is 0 Å². The van der Waals surface area contributed by atoms with Crippen LogP contribution in [-0.4, -0.2) is 40.7 Å². The molecule has 2 aliphatic heterocycles. The number of allylic oxidation sites excluding steroid dienone is 1. The smallest absolute Gasteiger partial charge is 0.393 e. The Bertz CT molecular complexity index is 1330. The van der Waals surface area contributed by atoms with E-state index in [4.69, 9.17) is 4.74 Å². The van der Waals surface area contributed by atoms with Crippen LogP contribution < -0.4 is 0 Å². The summed E-state index contributed by atoms with van der Waals surface area (Å²) < 4.78 is 101. The third-order valence-electron chi connectivity index (χ3n) is 8.11. The van der Waals surface area contributed by atoms with Gasteiger partial charge in [-0.3, -0.25) is 4.79 Å². The quantitative estimate of drug-likeness (QED) is 0.382. The van der Waals surface area contributed by atoms with E-state index in [9.17, 15) is 40.6 Å². The lowest BCUT2D eigenvalue weighted by atomic mass is 9.81. The molecule has 0 radical (unpaired) electrons. The van der Waals surface area contributed by atoms with Crippen molar-refractivity contribution in [2.24, 2.45) is 0 Å². The zero-order valence-electron chi connectivity index (χ0n) is 22.0. The molecule has 0 bridgehead atoms. The first-order chi connectivity index (χ1) is 19.2. The molecule has 0 saturated carbocycles. The number of carbonyl (C=O) groups excluding carboxylic acids is 1. The van der Waals surface area contributed by atoms with Gasteiger partial charge in [0.15, 0.2) is 0 Å². The topological polar surface area (TPSA) is 49.8 Å². The lowest BCUT2D eigenvalue weighted by Crippen LogP contribution is -2.40. The first kappa shape index (κ1) is 29.3. The Labute approximate surface area is 232 Å². The Hall–Kier alpha value is -3.18. The number of rotatable bonds is 5. The maximum absolute atomic E-state index is 13.8. The van der Waals surface area contributed by atoms with E-state index in [1.54, 1.807) is 17.0 Å². The molecule has 0 aromatic heterocycles. The molecule has 1 aliphatic carbocycles. The van der Waals surface area contributed by atoms with Gasteiger partial charge in [-0.15, -0.1) is 0 Å². The number of aliphatic hydroxyl groups excluding tert-OH is 1. The molecular formula is C30H28F7NO3. The Kier molecular flexibility index (Phi) is 7.80. The van der Waals surface area contributed by atoms with E-state index in [0.29, 0.717) is 43.4 Å². The van der Waals surface area contributed by atoms with Crippen molar-refractivity contribution in [1.29, 1.82) is 0 Å².